The summed E-state index contributed by atoms with van der Waals surface area (Å²) in [4.78, 5) is 22.9. The number of rotatable bonds is 6. The van der Waals surface area contributed by atoms with Crippen molar-refractivity contribution in [3.05, 3.63) is 76.8 Å². The van der Waals surface area contributed by atoms with E-state index < -0.39 is 11.9 Å². The first-order valence-electron chi connectivity index (χ1n) is 7.02. The standard InChI is InChI=1S/C18H15ClO5/c1-2-17(21)23-10-12-3-5-13(6-4-12)11-24-18(22)14-7-8-16(20)15(19)9-14/h2-9,20H,1,10-11H2. The van der Waals surface area contributed by atoms with Gasteiger partial charge in [-0.25, -0.2) is 9.59 Å². The van der Waals surface area contributed by atoms with Gasteiger partial charge in [0.1, 0.15) is 19.0 Å². The minimum atomic E-state index is -0.541. The van der Waals surface area contributed by atoms with Crippen molar-refractivity contribution in [2.24, 2.45) is 0 Å². The Hall–Kier alpha value is -2.79. The van der Waals surface area contributed by atoms with Gasteiger partial charge in [-0.3, -0.25) is 0 Å². The van der Waals surface area contributed by atoms with Crippen molar-refractivity contribution in [2.75, 3.05) is 0 Å². The molecule has 0 radical (unpaired) electrons. The molecular weight excluding hydrogens is 332 g/mol. The van der Waals surface area contributed by atoms with E-state index in [4.69, 9.17) is 21.1 Å². The van der Waals surface area contributed by atoms with Crippen molar-refractivity contribution in [3.8, 4) is 5.75 Å². The second-order valence-corrected chi connectivity index (χ2v) is 5.28. The fraction of sp³-hybridized carbons (Fsp3) is 0.111. The Kier molecular flexibility index (Phi) is 5.98. The molecule has 2 aromatic rings. The summed E-state index contributed by atoms with van der Waals surface area (Å²) in [5, 5.41) is 9.42. The van der Waals surface area contributed by atoms with Crippen LogP contribution in [0, 0.1) is 0 Å². The van der Waals surface area contributed by atoms with Crippen molar-refractivity contribution in [1.82, 2.24) is 0 Å². The van der Waals surface area contributed by atoms with E-state index in [0.717, 1.165) is 17.2 Å². The van der Waals surface area contributed by atoms with Crippen molar-refractivity contribution in [2.45, 2.75) is 13.2 Å². The number of carbonyl (C=O) groups is 2. The van der Waals surface area contributed by atoms with Crippen molar-refractivity contribution < 1.29 is 24.2 Å². The monoisotopic (exact) mass is 346 g/mol. The molecule has 24 heavy (non-hydrogen) atoms. The number of halogens is 1. The Morgan fingerprint density at radius 2 is 1.62 bits per heavy atom. The van der Waals surface area contributed by atoms with Crippen LogP contribution >= 0.6 is 11.6 Å². The van der Waals surface area contributed by atoms with E-state index in [1.807, 2.05) is 0 Å². The number of benzene rings is 2. The third-order valence-electron chi connectivity index (χ3n) is 3.12. The molecule has 0 atom stereocenters. The lowest BCUT2D eigenvalue weighted by atomic mass is 10.1. The molecule has 2 aromatic carbocycles. The van der Waals surface area contributed by atoms with Gasteiger partial charge in [0.15, 0.2) is 0 Å². The molecule has 0 aliphatic rings. The molecular formula is C18H15ClO5. The number of carbonyl (C=O) groups excluding carboxylic acids is 2. The summed E-state index contributed by atoms with van der Waals surface area (Å²) in [7, 11) is 0. The third-order valence-corrected chi connectivity index (χ3v) is 3.43. The molecule has 0 spiro atoms. The number of esters is 2. The summed E-state index contributed by atoms with van der Waals surface area (Å²) in [5.41, 5.74) is 1.85. The predicted octanol–water partition coefficient (Wildman–Crippen LogP) is 3.63. The molecule has 124 valence electrons. The number of phenols is 1. The third kappa shape index (κ3) is 4.86. The molecule has 0 fully saturated rings. The molecule has 2 rings (SSSR count). The van der Waals surface area contributed by atoms with Gasteiger partial charge < -0.3 is 14.6 Å². The van der Waals surface area contributed by atoms with Crippen molar-refractivity contribution in [3.63, 3.8) is 0 Å². The van der Waals surface area contributed by atoms with Crippen LogP contribution in [0.5, 0.6) is 5.75 Å². The van der Waals surface area contributed by atoms with Gasteiger partial charge in [-0.1, -0.05) is 42.4 Å². The van der Waals surface area contributed by atoms with Crippen LogP contribution < -0.4 is 0 Å². The number of hydrogen-bond acceptors (Lipinski definition) is 5. The molecule has 6 heteroatoms. The van der Waals surface area contributed by atoms with Crippen molar-refractivity contribution >= 4 is 23.5 Å². The largest absolute Gasteiger partial charge is 0.506 e. The Morgan fingerprint density at radius 1 is 1.04 bits per heavy atom. The molecule has 0 heterocycles. The zero-order chi connectivity index (χ0) is 17.5. The van der Waals surface area contributed by atoms with Crippen LogP contribution in [-0.2, 0) is 27.5 Å². The minimum absolute atomic E-state index is 0.0860. The second kappa shape index (κ2) is 8.17. The smallest absolute Gasteiger partial charge is 0.338 e. The van der Waals surface area contributed by atoms with Crippen LogP contribution in [0.2, 0.25) is 5.02 Å². The second-order valence-electron chi connectivity index (χ2n) is 4.87. The van der Waals surface area contributed by atoms with Gasteiger partial charge in [-0.2, -0.15) is 0 Å². The number of ether oxygens (including phenoxy) is 2. The number of hydrogen-bond donors (Lipinski definition) is 1. The van der Waals surface area contributed by atoms with Gasteiger partial charge in [-0.15, -0.1) is 0 Å². The highest BCUT2D eigenvalue weighted by molar-refractivity contribution is 6.32. The summed E-state index contributed by atoms with van der Waals surface area (Å²) >= 11 is 5.76. The first-order valence-corrected chi connectivity index (χ1v) is 7.40. The first kappa shape index (κ1) is 17.6. The van der Waals surface area contributed by atoms with Gasteiger partial charge in [0.25, 0.3) is 0 Å². The van der Waals surface area contributed by atoms with Crippen LogP contribution in [0.3, 0.4) is 0 Å². The lowest BCUT2D eigenvalue weighted by molar-refractivity contribution is -0.138. The van der Waals surface area contributed by atoms with Crippen LogP contribution in [0.25, 0.3) is 0 Å². The SMILES string of the molecule is C=CC(=O)OCc1ccc(COC(=O)c2ccc(O)c(Cl)c2)cc1. The van der Waals surface area contributed by atoms with Crippen molar-refractivity contribution in [1.29, 1.82) is 0 Å². The predicted molar refractivity (Wildman–Crippen MR) is 88.7 cm³/mol. The molecule has 0 saturated heterocycles. The summed E-state index contributed by atoms with van der Waals surface area (Å²) in [5.74, 6) is -1.12. The maximum Gasteiger partial charge on any atom is 0.338 e. The van der Waals surface area contributed by atoms with Crippen LogP contribution in [0.4, 0.5) is 0 Å². The Balaban J connectivity index is 1.89. The fourth-order valence-corrected chi connectivity index (χ4v) is 1.99. The van der Waals surface area contributed by atoms with Gasteiger partial charge in [0.2, 0.25) is 0 Å². The zero-order valence-electron chi connectivity index (χ0n) is 12.7. The molecule has 0 aliphatic carbocycles. The van der Waals surface area contributed by atoms with E-state index in [0.29, 0.717) is 0 Å². The molecule has 0 aliphatic heterocycles. The highest BCUT2D eigenvalue weighted by Gasteiger charge is 2.10. The summed E-state index contributed by atoms with van der Waals surface area (Å²) in [6.45, 7) is 3.55. The van der Waals surface area contributed by atoms with Crippen LogP contribution in [0.15, 0.2) is 55.1 Å². The quantitative estimate of drug-likeness (QED) is 0.638. The van der Waals surface area contributed by atoms with Crippen LogP contribution in [0.1, 0.15) is 21.5 Å². The van der Waals surface area contributed by atoms with E-state index in [2.05, 4.69) is 6.58 Å². The molecule has 0 bridgehead atoms. The Labute approximate surface area is 144 Å². The molecule has 0 saturated carbocycles. The van der Waals surface area contributed by atoms with Gasteiger partial charge in [-0.05, 0) is 29.3 Å². The summed E-state index contributed by atoms with van der Waals surface area (Å²) in [6, 6.07) is 11.2. The minimum Gasteiger partial charge on any atom is -0.506 e. The van der Waals surface area contributed by atoms with Gasteiger partial charge >= 0.3 is 11.9 Å². The number of aromatic hydroxyl groups is 1. The Bertz CT molecular complexity index is 753. The maximum absolute atomic E-state index is 11.9. The molecule has 5 nitrogen and oxygen atoms in total. The lowest BCUT2D eigenvalue weighted by Crippen LogP contribution is -2.05. The highest BCUT2D eigenvalue weighted by atomic mass is 35.5. The first-order chi connectivity index (χ1) is 11.5. The van der Waals surface area contributed by atoms with Crippen LogP contribution in [-0.4, -0.2) is 17.0 Å². The van der Waals surface area contributed by atoms with E-state index in [-0.39, 0.29) is 29.5 Å². The molecule has 0 amide bonds. The molecule has 0 aromatic heterocycles. The molecule has 0 unspecified atom stereocenters. The van der Waals surface area contributed by atoms with E-state index >= 15 is 0 Å². The summed E-state index contributed by atoms with van der Waals surface area (Å²) < 4.78 is 10.1. The van der Waals surface area contributed by atoms with E-state index in [1.165, 1.54) is 18.2 Å². The lowest BCUT2D eigenvalue weighted by Gasteiger charge is -2.07. The topological polar surface area (TPSA) is 72.8 Å². The summed E-state index contributed by atoms with van der Waals surface area (Å²) in [6.07, 6.45) is 1.10. The maximum atomic E-state index is 11.9. The molecule has 1 N–H and O–H groups in total. The Morgan fingerprint density at radius 3 is 2.17 bits per heavy atom. The fourth-order valence-electron chi connectivity index (χ4n) is 1.81. The number of phenolic OH excluding ortho intramolecular Hbond substituents is 1. The average molecular weight is 347 g/mol. The normalized spacial score (nSPS) is 10.0. The van der Waals surface area contributed by atoms with Gasteiger partial charge in [0, 0.05) is 6.08 Å². The van der Waals surface area contributed by atoms with E-state index in [1.54, 1.807) is 24.3 Å². The highest BCUT2D eigenvalue weighted by Crippen LogP contribution is 2.24. The van der Waals surface area contributed by atoms with E-state index in [9.17, 15) is 14.7 Å². The van der Waals surface area contributed by atoms with Gasteiger partial charge in [0.05, 0.1) is 10.6 Å². The average Bonchev–Trinajstić information content (AvgIpc) is 2.60. The zero-order valence-corrected chi connectivity index (χ0v) is 13.5.